The summed E-state index contributed by atoms with van der Waals surface area (Å²) in [7, 11) is -1.47. The van der Waals surface area contributed by atoms with Gasteiger partial charge in [0.15, 0.2) is 0 Å². The molecule has 130 valence electrons. The SMILES string of the molecule is OB(O)c1ccc(Nc2c3ccccc3nc3c2[nH]c2ccccc23)cc1. The molecule has 0 amide bonds. The number of hydrogen-bond donors (Lipinski definition) is 4. The third-order valence-electron chi connectivity index (χ3n) is 4.81. The average Bonchev–Trinajstić information content (AvgIpc) is 3.07. The van der Waals surface area contributed by atoms with Crippen molar-refractivity contribution in [1.82, 2.24) is 9.97 Å². The second kappa shape index (κ2) is 6.12. The topological polar surface area (TPSA) is 81.2 Å². The van der Waals surface area contributed by atoms with Gasteiger partial charge >= 0.3 is 7.12 Å². The van der Waals surface area contributed by atoms with E-state index in [2.05, 4.69) is 16.4 Å². The van der Waals surface area contributed by atoms with Gasteiger partial charge in [0, 0.05) is 22.0 Å². The van der Waals surface area contributed by atoms with Crippen LogP contribution in [0.2, 0.25) is 0 Å². The van der Waals surface area contributed by atoms with E-state index in [1.165, 1.54) is 0 Å². The Morgan fingerprint density at radius 3 is 2.30 bits per heavy atom. The number of aromatic nitrogens is 2. The molecule has 2 heterocycles. The minimum absolute atomic E-state index is 0.455. The predicted molar refractivity (Wildman–Crippen MR) is 111 cm³/mol. The maximum atomic E-state index is 9.29. The standard InChI is InChI=1S/C21H16BN3O2/c26-22(27)13-9-11-14(12-10-13)23-19-15-5-1-3-7-17(15)24-20-16-6-2-4-8-18(16)25-21(19)20/h1-12,25-27H,(H,23,24). The van der Waals surface area contributed by atoms with Crippen LogP contribution in [-0.4, -0.2) is 27.1 Å². The monoisotopic (exact) mass is 353 g/mol. The van der Waals surface area contributed by atoms with Crippen molar-refractivity contribution in [1.29, 1.82) is 0 Å². The summed E-state index contributed by atoms with van der Waals surface area (Å²) in [6.07, 6.45) is 0. The molecule has 0 aliphatic carbocycles. The number of nitrogens with zero attached hydrogens (tertiary/aromatic N) is 1. The number of aromatic amines is 1. The Morgan fingerprint density at radius 1 is 0.815 bits per heavy atom. The van der Waals surface area contributed by atoms with E-state index in [-0.39, 0.29) is 0 Å². The van der Waals surface area contributed by atoms with Crippen molar-refractivity contribution < 1.29 is 10.0 Å². The fourth-order valence-electron chi connectivity index (χ4n) is 3.47. The average molecular weight is 353 g/mol. The lowest BCUT2D eigenvalue weighted by molar-refractivity contribution is 0.426. The molecule has 0 aliphatic rings. The van der Waals surface area contributed by atoms with Crippen LogP contribution in [0.25, 0.3) is 32.8 Å². The van der Waals surface area contributed by atoms with Crippen molar-refractivity contribution in [3.8, 4) is 0 Å². The lowest BCUT2D eigenvalue weighted by atomic mass is 9.80. The van der Waals surface area contributed by atoms with Gasteiger partial charge < -0.3 is 20.3 Å². The van der Waals surface area contributed by atoms with Crippen molar-refractivity contribution in [2.45, 2.75) is 0 Å². The number of pyridine rings is 1. The van der Waals surface area contributed by atoms with E-state index in [4.69, 9.17) is 4.98 Å². The first-order valence-corrected chi connectivity index (χ1v) is 8.73. The normalized spacial score (nSPS) is 11.3. The van der Waals surface area contributed by atoms with Crippen LogP contribution in [-0.2, 0) is 0 Å². The van der Waals surface area contributed by atoms with Crippen LogP contribution in [0.3, 0.4) is 0 Å². The number of nitrogens with one attached hydrogen (secondary N) is 2. The highest BCUT2D eigenvalue weighted by Gasteiger charge is 2.15. The molecule has 0 atom stereocenters. The van der Waals surface area contributed by atoms with Gasteiger partial charge in [0.2, 0.25) is 0 Å². The first kappa shape index (κ1) is 15.9. The fraction of sp³-hybridized carbons (Fsp3) is 0. The Labute approximate surface area is 155 Å². The number of hydrogen-bond acceptors (Lipinski definition) is 4. The van der Waals surface area contributed by atoms with Gasteiger partial charge in [-0.1, -0.05) is 48.5 Å². The molecule has 0 aliphatic heterocycles. The summed E-state index contributed by atoms with van der Waals surface area (Å²) in [5, 5.41) is 24.2. The summed E-state index contributed by atoms with van der Waals surface area (Å²) in [5.74, 6) is 0. The van der Waals surface area contributed by atoms with Gasteiger partial charge in [-0.2, -0.15) is 0 Å². The molecular formula is C21H16BN3O2. The first-order valence-electron chi connectivity index (χ1n) is 8.73. The summed E-state index contributed by atoms with van der Waals surface area (Å²) in [6, 6.07) is 23.2. The zero-order valence-corrected chi connectivity index (χ0v) is 14.3. The van der Waals surface area contributed by atoms with E-state index in [1.54, 1.807) is 12.1 Å². The number of para-hydroxylation sites is 2. The Morgan fingerprint density at radius 2 is 1.52 bits per heavy atom. The van der Waals surface area contributed by atoms with Crippen LogP contribution in [0.15, 0.2) is 72.8 Å². The molecule has 4 N–H and O–H groups in total. The molecule has 0 unspecified atom stereocenters. The van der Waals surface area contributed by atoms with Crippen molar-refractivity contribution in [2.24, 2.45) is 0 Å². The molecule has 0 saturated heterocycles. The van der Waals surface area contributed by atoms with Crippen molar-refractivity contribution >= 4 is 56.8 Å². The highest BCUT2D eigenvalue weighted by molar-refractivity contribution is 6.58. The number of fused-ring (bicyclic) bond motifs is 4. The molecule has 6 heteroatoms. The summed E-state index contributed by atoms with van der Waals surface area (Å²) >= 11 is 0. The van der Waals surface area contributed by atoms with Gasteiger partial charge in [0.1, 0.15) is 0 Å². The molecule has 5 rings (SSSR count). The van der Waals surface area contributed by atoms with Crippen molar-refractivity contribution in [2.75, 3.05) is 5.32 Å². The first-order chi connectivity index (χ1) is 13.2. The molecular weight excluding hydrogens is 337 g/mol. The van der Waals surface area contributed by atoms with Gasteiger partial charge in [-0.15, -0.1) is 0 Å². The summed E-state index contributed by atoms with van der Waals surface area (Å²) < 4.78 is 0. The van der Waals surface area contributed by atoms with Crippen LogP contribution in [0.5, 0.6) is 0 Å². The molecule has 0 spiro atoms. The van der Waals surface area contributed by atoms with Gasteiger partial charge in [0.25, 0.3) is 0 Å². The Balaban J connectivity index is 1.75. The Hall–Kier alpha value is -3.35. The molecule has 0 saturated carbocycles. The molecule has 27 heavy (non-hydrogen) atoms. The second-order valence-corrected chi connectivity index (χ2v) is 6.52. The molecule has 2 aromatic heterocycles. The summed E-state index contributed by atoms with van der Waals surface area (Å²) in [4.78, 5) is 8.35. The number of H-pyrrole nitrogens is 1. The Bertz CT molecular complexity index is 1280. The van der Waals surface area contributed by atoms with Crippen LogP contribution in [0.1, 0.15) is 0 Å². The number of rotatable bonds is 3. The van der Waals surface area contributed by atoms with Gasteiger partial charge in [0.05, 0.1) is 22.2 Å². The van der Waals surface area contributed by atoms with Gasteiger partial charge in [-0.05, 0) is 29.7 Å². The van der Waals surface area contributed by atoms with Gasteiger partial charge in [-0.3, -0.25) is 0 Å². The van der Waals surface area contributed by atoms with Crippen LogP contribution >= 0.6 is 0 Å². The van der Waals surface area contributed by atoms with E-state index in [0.29, 0.717) is 5.46 Å². The van der Waals surface area contributed by atoms with Crippen molar-refractivity contribution in [3.05, 3.63) is 72.8 Å². The third-order valence-corrected chi connectivity index (χ3v) is 4.81. The zero-order chi connectivity index (χ0) is 18.4. The van der Waals surface area contributed by atoms with E-state index >= 15 is 0 Å². The Kier molecular flexibility index (Phi) is 3.60. The minimum Gasteiger partial charge on any atom is -0.423 e. The highest BCUT2D eigenvalue weighted by atomic mass is 16.4. The van der Waals surface area contributed by atoms with Crippen LogP contribution in [0.4, 0.5) is 11.4 Å². The predicted octanol–water partition coefficient (Wildman–Crippen LogP) is 3.29. The van der Waals surface area contributed by atoms with Gasteiger partial charge in [-0.25, -0.2) is 4.98 Å². The maximum Gasteiger partial charge on any atom is 0.488 e. The summed E-state index contributed by atoms with van der Waals surface area (Å²) in [6.45, 7) is 0. The largest absolute Gasteiger partial charge is 0.488 e. The molecule has 5 aromatic rings. The second-order valence-electron chi connectivity index (χ2n) is 6.52. The smallest absolute Gasteiger partial charge is 0.423 e. The minimum atomic E-state index is -1.47. The lowest BCUT2D eigenvalue weighted by Crippen LogP contribution is -2.29. The lowest BCUT2D eigenvalue weighted by Gasteiger charge is -2.12. The maximum absolute atomic E-state index is 9.29. The van der Waals surface area contributed by atoms with E-state index in [9.17, 15) is 10.0 Å². The highest BCUT2D eigenvalue weighted by Crippen LogP contribution is 2.35. The fourth-order valence-corrected chi connectivity index (χ4v) is 3.47. The van der Waals surface area contributed by atoms with E-state index in [0.717, 1.165) is 44.2 Å². The van der Waals surface area contributed by atoms with Crippen LogP contribution in [0, 0.1) is 0 Å². The third kappa shape index (κ3) is 2.63. The zero-order valence-electron chi connectivity index (χ0n) is 14.3. The van der Waals surface area contributed by atoms with Crippen LogP contribution < -0.4 is 10.8 Å². The number of anilines is 2. The summed E-state index contributed by atoms with van der Waals surface area (Å²) in [5.41, 5.74) is 6.09. The molecule has 0 bridgehead atoms. The molecule has 0 fully saturated rings. The van der Waals surface area contributed by atoms with E-state index < -0.39 is 7.12 Å². The quantitative estimate of drug-likeness (QED) is 0.375. The van der Waals surface area contributed by atoms with Crippen molar-refractivity contribution in [3.63, 3.8) is 0 Å². The molecule has 3 aromatic carbocycles. The number of benzene rings is 3. The van der Waals surface area contributed by atoms with E-state index in [1.807, 2.05) is 54.6 Å². The molecule has 5 nitrogen and oxygen atoms in total. The molecule has 0 radical (unpaired) electrons.